The van der Waals surface area contributed by atoms with Gasteiger partial charge in [0.05, 0.1) is 12.3 Å². The third-order valence-electron chi connectivity index (χ3n) is 2.73. The second-order valence-electron chi connectivity index (χ2n) is 4.07. The summed E-state index contributed by atoms with van der Waals surface area (Å²) in [6.07, 6.45) is 0. The molecule has 0 bridgehead atoms. The third-order valence-corrected chi connectivity index (χ3v) is 4.23. The fourth-order valence-corrected chi connectivity index (χ4v) is 3.11. The number of halogens is 1. The lowest BCUT2D eigenvalue weighted by Gasteiger charge is -2.03. The van der Waals surface area contributed by atoms with E-state index in [1.54, 1.807) is 16.4 Å². The van der Waals surface area contributed by atoms with Crippen LogP contribution in [0.2, 0.25) is 5.15 Å². The van der Waals surface area contributed by atoms with E-state index in [0.29, 0.717) is 5.15 Å². The van der Waals surface area contributed by atoms with Gasteiger partial charge in [0, 0.05) is 23.3 Å². The number of hydrogen-bond donors (Lipinski definition) is 1. The molecule has 0 aliphatic rings. The van der Waals surface area contributed by atoms with Crippen LogP contribution in [0, 0.1) is 6.92 Å². The van der Waals surface area contributed by atoms with Crippen LogP contribution in [0.3, 0.4) is 0 Å². The third kappa shape index (κ3) is 2.88. The van der Waals surface area contributed by atoms with E-state index in [-0.39, 0.29) is 6.61 Å². The highest BCUT2D eigenvalue weighted by Crippen LogP contribution is 2.28. The van der Waals surface area contributed by atoms with E-state index in [9.17, 15) is 0 Å². The van der Waals surface area contributed by atoms with Crippen LogP contribution in [-0.2, 0) is 19.4 Å². The molecule has 1 aromatic carbocycles. The predicted molar refractivity (Wildman–Crippen MR) is 74.9 cm³/mol. The van der Waals surface area contributed by atoms with Crippen molar-refractivity contribution in [3.05, 3.63) is 46.2 Å². The predicted octanol–water partition coefficient (Wildman–Crippen LogP) is 3.17. The second-order valence-corrected chi connectivity index (χ2v) is 5.48. The molecule has 2 rings (SSSR count). The van der Waals surface area contributed by atoms with Gasteiger partial charge >= 0.3 is 0 Å². The Bertz CT molecular complexity index is 554. The first-order valence-corrected chi connectivity index (χ1v) is 6.98. The van der Waals surface area contributed by atoms with E-state index in [2.05, 4.69) is 5.10 Å². The van der Waals surface area contributed by atoms with Crippen molar-refractivity contribution in [2.24, 2.45) is 7.05 Å². The van der Waals surface area contributed by atoms with Gasteiger partial charge in [0.25, 0.3) is 0 Å². The van der Waals surface area contributed by atoms with Gasteiger partial charge in [-0.05, 0) is 24.6 Å². The monoisotopic (exact) mass is 282 g/mol. The fourth-order valence-electron chi connectivity index (χ4n) is 1.73. The van der Waals surface area contributed by atoms with Crippen molar-refractivity contribution in [1.82, 2.24) is 9.78 Å². The fraction of sp³-hybridized carbons (Fsp3) is 0.308. The number of rotatable bonds is 4. The van der Waals surface area contributed by atoms with Crippen molar-refractivity contribution in [1.29, 1.82) is 0 Å². The van der Waals surface area contributed by atoms with Crippen LogP contribution in [0.25, 0.3) is 0 Å². The van der Waals surface area contributed by atoms with E-state index < -0.39 is 0 Å². The van der Waals surface area contributed by atoms with E-state index in [4.69, 9.17) is 16.7 Å². The van der Waals surface area contributed by atoms with Crippen LogP contribution < -0.4 is 0 Å². The first-order valence-electron chi connectivity index (χ1n) is 5.62. The Kier molecular flexibility index (Phi) is 4.32. The zero-order valence-corrected chi connectivity index (χ0v) is 11.9. The van der Waals surface area contributed by atoms with Crippen LogP contribution in [0.1, 0.15) is 16.8 Å². The van der Waals surface area contributed by atoms with Gasteiger partial charge in [0.15, 0.2) is 0 Å². The Labute approximate surface area is 116 Å². The topological polar surface area (TPSA) is 38.0 Å². The van der Waals surface area contributed by atoms with Crippen molar-refractivity contribution in [2.45, 2.75) is 24.2 Å². The maximum absolute atomic E-state index is 9.10. The molecular weight excluding hydrogens is 268 g/mol. The van der Waals surface area contributed by atoms with Gasteiger partial charge in [0.2, 0.25) is 0 Å². The van der Waals surface area contributed by atoms with Crippen LogP contribution in [0.5, 0.6) is 0 Å². The maximum atomic E-state index is 9.10. The molecular formula is C13H15ClN2OS. The standard InChI is InChI=1S/C13H15ClN2OS/c1-9-12(13(14)16(2)15-9)8-18-11-5-3-4-10(6-11)7-17/h3-6,17H,7-8H2,1-2H3. The lowest BCUT2D eigenvalue weighted by atomic mass is 10.2. The van der Waals surface area contributed by atoms with Gasteiger partial charge in [-0.15, -0.1) is 11.8 Å². The molecule has 18 heavy (non-hydrogen) atoms. The molecule has 96 valence electrons. The molecule has 1 aromatic heterocycles. The van der Waals surface area contributed by atoms with Crippen molar-refractivity contribution in [3.63, 3.8) is 0 Å². The SMILES string of the molecule is Cc1nn(C)c(Cl)c1CSc1cccc(CO)c1. The minimum Gasteiger partial charge on any atom is -0.392 e. The number of nitrogens with zero attached hydrogens (tertiary/aromatic N) is 2. The molecule has 0 spiro atoms. The number of benzene rings is 1. The van der Waals surface area contributed by atoms with Gasteiger partial charge in [-0.2, -0.15) is 5.10 Å². The molecule has 0 radical (unpaired) electrons. The Balaban J connectivity index is 2.11. The largest absolute Gasteiger partial charge is 0.392 e. The van der Waals surface area contributed by atoms with Crippen molar-refractivity contribution in [3.8, 4) is 0 Å². The molecule has 0 saturated carbocycles. The number of aromatic nitrogens is 2. The average molecular weight is 283 g/mol. The molecule has 3 nitrogen and oxygen atoms in total. The second kappa shape index (κ2) is 5.78. The zero-order chi connectivity index (χ0) is 13.1. The summed E-state index contributed by atoms with van der Waals surface area (Å²) in [5, 5.41) is 14.1. The molecule has 1 heterocycles. The Morgan fingerprint density at radius 3 is 2.83 bits per heavy atom. The van der Waals surface area contributed by atoms with Crippen LogP contribution in [0.15, 0.2) is 29.2 Å². The summed E-state index contributed by atoms with van der Waals surface area (Å²) in [5.74, 6) is 0.785. The molecule has 0 saturated heterocycles. The van der Waals surface area contributed by atoms with E-state index in [1.807, 2.05) is 38.2 Å². The number of aliphatic hydroxyl groups excluding tert-OH is 1. The van der Waals surface area contributed by atoms with Crippen molar-refractivity contribution < 1.29 is 5.11 Å². The highest BCUT2D eigenvalue weighted by atomic mass is 35.5. The highest BCUT2D eigenvalue weighted by molar-refractivity contribution is 7.98. The first kappa shape index (κ1) is 13.5. The summed E-state index contributed by atoms with van der Waals surface area (Å²) in [7, 11) is 1.84. The number of thioether (sulfide) groups is 1. The number of aryl methyl sites for hydroxylation is 2. The summed E-state index contributed by atoms with van der Waals surface area (Å²) in [4.78, 5) is 1.13. The maximum Gasteiger partial charge on any atom is 0.131 e. The van der Waals surface area contributed by atoms with Crippen LogP contribution in [0.4, 0.5) is 0 Å². The molecule has 0 aliphatic carbocycles. The van der Waals surface area contributed by atoms with Crippen LogP contribution in [-0.4, -0.2) is 14.9 Å². The summed E-state index contributed by atoms with van der Waals surface area (Å²) in [5.41, 5.74) is 2.96. The lowest BCUT2D eigenvalue weighted by Crippen LogP contribution is -1.89. The van der Waals surface area contributed by atoms with Crippen LogP contribution >= 0.6 is 23.4 Å². The molecule has 0 aliphatic heterocycles. The number of hydrogen-bond acceptors (Lipinski definition) is 3. The van der Waals surface area contributed by atoms with Gasteiger partial charge in [0.1, 0.15) is 5.15 Å². The molecule has 0 atom stereocenters. The average Bonchev–Trinajstić information content (AvgIpc) is 2.61. The molecule has 2 aromatic rings. The Hall–Kier alpha value is -0.970. The van der Waals surface area contributed by atoms with E-state index >= 15 is 0 Å². The molecule has 5 heteroatoms. The normalized spacial score (nSPS) is 10.9. The van der Waals surface area contributed by atoms with Crippen molar-refractivity contribution in [2.75, 3.05) is 0 Å². The number of aliphatic hydroxyl groups is 1. The van der Waals surface area contributed by atoms with Crippen molar-refractivity contribution >= 4 is 23.4 Å². The minimum atomic E-state index is 0.0705. The first-order chi connectivity index (χ1) is 8.61. The minimum absolute atomic E-state index is 0.0705. The zero-order valence-electron chi connectivity index (χ0n) is 10.4. The molecule has 0 amide bonds. The lowest BCUT2D eigenvalue weighted by molar-refractivity contribution is 0.281. The highest BCUT2D eigenvalue weighted by Gasteiger charge is 2.11. The summed E-state index contributed by atoms with van der Waals surface area (Å²) in [6.45, 7) is 2.03. The van der Waals surface area contributed by atoms with E-state index in [1.165, 1.54) is 0 Å². The summed E-state index contributed by atoms with van der Waals surface area (Å²) in [6, 6.07) is 7.88. The Morgan fingerprint density at radius 1 is 1.44 bits per heavy atom. The summed E-state index contributed by atoms with van der Waals surface area (Å²) < 4.78 is 1.69. The molecule has 0 unspecified atom stereocenters. The molecule has 0 fully saturated rings. The van der Waals surface area contributed by atoms with Gasteiger partial charge in [-0.25, -0.2) is 0 Å². The smallest absolute Gasteiger partial charge is 0.131 e. The van der Waals surface area contributed by atoms with Gasteiger partial charge in [-0.3, -0.25) is 4.68 Å². The Morgan fingerprint density at radius 2 is 2.22 bits per heavy atom. The van der Waals surface area contributed by atoms with Gasteiger partial charge in [-0.1, -0.05) is 23.7 Å². The quantitative estimate of drug-likeness (QED) is 0.876. The van der Waals surface area contributed by atoms with Gasteiger partial charge < -0.3 is 5.11 Å². The molecule has 1 N–H and O–H groups in total. The van der Waals surface area contributed by atoms with E-state index in [0.717, 1.165) is 27.5 Å². The summed E-state index contributed by atoms with van der Waals surface area (Å²) >= 11 is 7.88.